The number of nitriles is 3. The van der Waals surface area contributed by atoms with E-state index in [2.05, 4.69) is 6.07 Å². The monoisotopic (exact) mass is 416 g/mol. The van der Waals surface area contributed by atoms with E-state index in [0.717, 1.165) is 0 Å². The van der Waals surface area contributed by atoms with Crippen LogP contribution in [0.25, 0.3) is 0 Å². The van der Waals surface area contributed by atoms with E-state index in [1.807, 2.05) is 12.1 Å². The average Bonchev–Trinajstić information content (AvgIpc) is 2.96. The molecule has 0 aliphatic carbocycles. The molecule has 2 saturated heterocycles. The third-order valence-corrected chi connectivity index (χ3v) is 6.33. The van der Waals surface area contributed by atoms with Crippen LogP contribution < -0.4 is 4.74 Å². The quantitative estimate of drug-likeness (QED) is 0.808. The average molecular weight is 416 g/mol. The summed E-state index contributed by atoms with van der Waals surface area (Å²) in [6.07, 6.45) is -1.22. The zero-order chi connectivity index (χ0) is 22.4. The molecule has 8 heteroatoms. The lowest BCUT2D eigenvalue weighted by Crippen LogP contribution is -2.57. The molecule has 2 aliphatic rings. The van der Waals surface area contributed by atoms with Crippen LogP contribution in [0.2, 0.25) is 0 Å². The zero-order valence-corrected chi connectivity index (χ0v) is 16.7. The van der Waals surface area contributed by atoms with Crippen molar-refractivity contribution in [1.82, 2.24) is 0 Å². The minimum atomic E-state index is -2.06. The fraction of sp³-hybridized carbons (Fsp3) is 0.304. The lowest BCUT2D eigenvalue weighted by atomic mass is 9.53. The van der Waals surface area contributed by atoms with Crippen LogP contribution in [0.3, 0.4) is 0 Å². The first-order valence-corrected chi connectivity index (χ1v) is 9.45. The van der Waals surface area contributed by atoms with E-state index in [0.29, 0.717) is 16.9 Å². The first-order chi connectivity index (χ1) is 14.8. The van der Waals surface area contributed by atoms with Gasteiger partial charge in [0.15, 0.2) is 5.41 Å². The lowest BCUT2D eigenvalue weighted by molar-refractivity contribution is -0.288. The smallest absolute Gasteiger partial charge is 0.244 e. The van der Waals surface area contributed by atoms with E-state index in [4.69, 9.17) is 19.6 Å². The fourth-order valence-electron chi connectivity index (χ4n) is 4.63. The number of rotatable bonds is 3. The van der Waals surface area contributed by atoms with E-state index in [-0.39, 0.29) is 0 Å². The maximum atomic E-state index is 13.6. The molecule has 4 atom stereocenters. The van der Waals surface area contributed by atoms with Gasteiger partial charge in [0.25, 0.3) is 0 Å². The molecule has 4 rings (SSSR count). The number of nitrogens with zero attached hydrogens (tertiary/aromatic N) is 3. The second kappa shape index (κ2) is 6.80. The third kappa shape index (κ3) is 2.36. The van der Waals surface area contributed by atoms with Crippen LogP contribution in [0.5, 0.6) is 5.75 Å². The van der Waals surface area contributed by atoms with E-state index in [1.54, 1.807) is 31.2 Å². The highest BCUT2D eigenvalue weighted by molar-refractivity contribution is 5.89. The van der Waals surface area contributed by atoms with Gasteiger partial charge in [0.05, 0.1) is 31.2 Å². The second-order valence-corrected chi connectivity index (χ2v) is 7.55. The van der Waals surface area contributed by atoms with Crippen LogP contribution in [0, 0.1) is 62.0 Å². The first kappa shape index (κ1) is 20.3. The van der Waals surface area contributed by atoms with Crippen molar-refractivity contribution >= 4 is 5.90 Å². The number of methoxy groups -OCH3 is 1. The van der Waals surface area contributed by atoms with E-state index >= 15 is 0 Å². The highest BCUT2D eigenvalue weighted by Gasteiger charge is 2.79. The Morgan fingerprint density at radius 2 is 1.61 bits per heavy atom. The predicted octanol–water partition coefficient (Wildman–Crippen LogP) is 3.95. The van der Waals surface area contributed by atoms with Crippen LogP contribution in [0.15, 0.2) is 48.5 Å². The maximum absolute atomic E-state index is 13.6. The number of ether oxygens (including phenoxy) is 3. The topological polar surface area (TPSA) is 123 Å². The molecular weight excluding hydrogens is 399 g/mol. The molecule has 0 saturated carbocycles. The Labute approximate surface area is 178 Å². The molecule has 2 heterocycles. The van der Waals surface area contributed by atoms with Gasteiger partial charge in [0.1, 0.15) is 17.7 Å². The Hall–Kier alpha value is -3.93. The zero-order valence-electron chi connectivity index (χ0n) is 16.7. The van der Waals surface area contributed by atoms with E-state index in [1.165, 1.54) is 31.4 Å². The van der Waals surface area contributed by atoms with Crippen molar-refractivity contribution < 1.29 is 18.6 Å². The van der Waals surface area contributed by atoms with Crippen molar-refractivity contribution in [2.24, 2.45) is 16.7 Å². The van der Waals surface area contributed by atoms with Crippen molar-refractivity contribution in [2.75, 3.05) is 7.11 Å². The van der Waals surface area contributed by atoms with Gasteiger partial charge in [-0.2, -0.15) is 15.8 Å². The molecular formula is C23H17FN4O3. The van der Waals surface area contributed by atoms with Crippen molar-refractivity contribution in [3.8, 4) is 24.0 Å². The molecule has 2 bridgehead atoms. The maximum Gasteiger partial charge on any atom is 0.244 e. The number of halogens is 1. The fourth-order valence-corrected chi connectivity index (χ4v) is 4.63. The SMILES string of the molecule is COc1ccc(C2OC3(c4ccc(F)cc4)OC(=N)C(C#N)(C3C)C2(C#N)C#N)cc1. The normalized spacial score (nSPS) is 30.4. The minimum Gasteiger partial charge on any atom is -0.497 e. The van der Waals surface area contributed by atoms with Gasteiger partial charge in [-0.1, -0.05) is 19.1 Å². The van der Waals surface area contributed by atoms with Crippen LogP contribution in [-0.2, 0) is 15.3 Å². The van der Waals surface area contributed by atoms with Gasteiger partial charge in [-0.15, -0.1) is 0 Å². The summed E-state index contributed by atoms with van der Waals surface area (Å²) in [4.78, 5) is 0. The third-order valence-electron chi connectivity index (χ3n) is 6.33. The Morgan fingerprint density at radius 3 is 2.13 bits per heavy atom. The van der Waals surface area contributed by atoms with Gasteiger partial charge in [-0.25, -0.2) is 4.39 Å². The molecule has 4 unspecified atom stereocenters. The summed E-state index contributed by atoms with van der Waals surface area (Å²) in [5.74, 6) is -2.99. The molecule has 7 nitrogen and oxygen atoms in total. The Kier molecular flexibility index (Phi) is 4.47. The molecule has 0 aromatic heterocycles. The molecule has 0 spiro atoms. The number of benzene rings is 2. The van der Waals surface area contributed by atoms with E-state index in [9.17, 15) is 20.2 Å². The summed E-state index contributed by atoms with van der Waals surface area (Å²) in [7, 11) is 1.51. The molecule has 0 radical (unpaired) electrons. The van der Waals surface area contributed by atoms with Crippen LogP contribution in [0.1, 0.15) is 24.2 Å². The number of nitrogens with one attached hydrogen (secondary N) is 1. The molecule has 2 fully saturated rings. The second-order valence-electron chi connectivity index (χ2n) is 7.55. The number of fused-ring (bicyclic) bond motifs is 2. The summed E-state index contributed by atoms with van der Waals surface area (Å²) in [5.41, 5.74) is -3.15. The van der Waals surface area contributed by atoms with Crippen LogP contribution >= 0.6 is 0 Å². The van der Waals surface area contributed by atoms with Gasteiger partial charge < -0.3 is 14.2 Å². The van der Waals surface area contributed by atoms with Crippen molar-refractivity contribution in [3.63, 3.8) is 0 Å². The molecule has 154 valence electrons. The van der Waals surface area contributed by atoms with E-state index < -0.39 is 40.4 Å². The van der Waals surface area contributed by atoms with Gasteiger partial charge >= 0.3 is 0 Å². The summed E-state index contributed by atoms with van der Waals surface area (Å²) in [5, 5.41) is 39.2. The number of hydrogen-bond acceptors (Lipinski definition) is 7. The standard InChI is InChI=1S/C23H17FN4O3/c1-14-22(13-27)20(28)31-23(14,16-5-7-17(24)8-6-16)30-19(21(22,11-25)12-26)15-3-9-18(29-2)10-4-15/h3-10,14,19,28H,1-2H3. The van der Waals surface area contributed by atoms with Gasteiger partial charge in [0, 0.05) is 5.56 Å². The molecule has 2 aliphatic heterocycles. The van der Waals surface area contributed by atoms with Gasteiger partial charge in [0.2, 0.25) is 17.1 Å². The molecule has 2 aromatic carbocycles. The minimum absolute atomic E-state index is 0.381. The summed E-state index contributed by atoms with van der Waals surface area (Å²) >= 11 is 0. The van der Waals surface area contributed by atoms with Gasteiger partial charge in [-0.05, 0) is 42.0 Å². The van der Waals surface area contributed by atoms with Crippen LogP contribution in [-0.4, -0.2) is 13.0 Å². The lowest BCUT2D eigenvalue weighted by Gasteiger charge is -2.48. The van der Waals surface area contributed by atoms with Crippen molar-refractivity contribution in [1.29, 1.82) is 21.2 Å². The first-order valence-electron chi connectivity index (χ1n) is 9.45. The largest absolute Gasteiger partial charge is 0.497 e. The molecule has 1 N–H and O–H groups in total. The highest BCUT2D eigenvalue weighted by atomic mass is 19.1. The molecule has 31 heavy (non-hydrogen) atoms. The summed E-state index contributed by atoms with van der Waals surface area (Å²) < 4.78 is 30.9. The molecule has 2 aromatic rings. The number of hydrogen-bond donors (Lipinski definition) is 1. The Bertz CT molecular complexity index is 1160. The van der Waals surface area contributed by atoms with Crippen molar-refractivity contribution in [2.45, 2.75) is 18.8 Å². The highest BCUT2D eigenvalue weighted by Crippen LogP contribution is 2.68. The van der Waals surface area contributed by atoms with Crippen LogP contribution in [0.4, 0.5) is 4.39 Å². The Morgan fingerprint density at radius 1 is 1.00 bits per heavy atom. The van der Waals surface area contributed by atoms with Crippen molar-refractivity contribution in [3.05, 3.63) is 65.5 Å². The summed E-state index contributed by atoms with van der Waals surface area (Å²) in [6.45, 7) is 1.60. The van der Waals surface area contributed by atoms with Gasteiger partial charge in [-0.3, -0.25) is 5.41 Å². The molecule has 0 amide bonds. The summed E-state index contributed by atoms with van der Waals surface area (Å²) in [6, 6.07) is 17.9. The predicted molar refractivity (Wildman–Crippen MR) is 105 cm³/mol. The Balaban J connectivity index is 2.00.